The van der Waals surface area contributed by atoms with E-state index in [1.54, 1.807) is 6.07 Å². The molecule has 1 aliphatic rings. The van der Waals surface area contributed by atoms with Crippen molar-refractivity contribution in [3.8, 4) is 0 Å². The first kappa shape index (κ1) is 11.4. The Kier molecular flexibility index (Phi) is 3.67. The van der Waals surface area contributed by atoms with Crippen LogP contribution in [0.15, 0.2) is 26.0 Å². The molecule has 15 heavy (non-hydrogen) atoms. The monoisotopic (exact) mass is 333 g/mol. The van der Waals surface area contributed by atoms with Crippen molar-refractivity contribution in [2.45, 2.75) is 32.2 Å². The van der Waals surface area contributed by atoms with Crippen LogP contribution in [-0.2, 0) is 6.54 Å². The summed E-state index contributed by atoms with van der Waals surface area (Å²) in [5, 5.41) is 0. The SMILES string of the molecule is O=c1c(Br)cc(Br)cn1CC1CCCC1. The second-order valence-corrected chi connectivity index (χ2v) is 5.88. The van der Waals surface area contributed by atoms with Gasteiger partial charge in [-0.3, -0.25) is 4.79 Å². The van der Waals surface area contributed by atoms with Crippen molar-refractivity contribution in [3.05, 3.63) is 31.6 Å². The van der Waals surface area contributed by atoms with Crippen LogP contribution in [-0.4, -0.2) is 4.57 Å². The summed E-state index contributed by atoms with van der Waals surface area (Å²) in [7, 11) is 0. The molecule has 0 atom stereocenters. The highest BCUT2D eigenvalue weighted by Crippen LogP contribution is 2.26. The Balaban J connectivity index is 2.23. The summed E-state index contributed by atoms with van der Waals surface area (Å²) in [6.07, 6.45) is 7.03. The zero-order chi connectivity index (χ0) is 10.8. The minimum Gasteiger partial charge on any atom is -0.313 e. The third-order valence-electron chi connectivity index (χ3n) is 2.94. The standard InChI is InChI=1S/C11H13Br2NO/c12-9-5-10(13)11(15)14(7-9)6-8-3-1-2-4-8/h5,7-8H,1-4,6H2. The first-order chi connectivity index (χ1) is 7.16. The number of hydrogen-bond acceptors (Lipinski definition) is 1. The van der Waals surface area contributed by atoms with Gasteiger partial charge in [-0.05, 0) is 56.7 Å². The first-order valence-electron chi connectivity index (χ1n) is 5.22. The van der Waals surface area contributed by atoms with E-state index in [4.69, 9.17) is 0 Å². The first-order valence-corrected chi connectivity index (χ1v) is 6.81. The lowest BCUT2D eigenvalue weighted by Crippen LogP contribution is -2.23. The van der Waals surface area contributed by atoms with E-state index in [0.29, 0.717) is 10.4 Å². The quantitative estimate of drug-likeness (QED) is 0.810. The van der Waals surface area contributed by atoms with Crippen LogP contribution in [0.2, 0.25) is 0 Å². The van der Waals surface area contributed by atoms with Gasteiger partial charge < -0.3 is 4.57 Å². The van der Waals surface area contributed by atoms with Gasteiger partial charge in [-0.2, -0.15) is 0 Å². The molecular formula is C11H13Br2NO. The van der Waals surface area contributed by atoms with E-state index >= 15 is 0 Å². The fraction of sp³-hybridized carbons (Fsp3) is 0.545. The minimum absolute atomic E-state index is 0.0742. The van der Waals surface area contributed by atoms with Crippen LogP contribution in [0.25, 0.3) is 0 Å². The maximum absolute atomic E-state index is 11.8. The molecule has 2 rings (SSSR count). The van der Waals surface area contributed by atoms with E-state index in [1.807, 2.05) is 10.8 Å². The van der Waals surface area contributed by atoms with Gasteiger partial charge in [0, 0.05) is 17.2 Å². The second kappa shape index (κ2) is 4.83. The summed E-state index contributed by atoms with van der Waals surface area (Å²) < 4.78 is 3.39. The van der Waals surface area contributed by atoms with Crippen molar-refractivity contribution >= 4 is 31.9 Å². The molecule has 1 saturated carbocycles. The zero-order valence-corrected chi connectivity index (χ0v) is 11.6. The van der Waals surface area contributed by atoms with E-state index < -0.39 is 0 Å². The van der Waals surface area contributed by atoms with Crippen molar-refractivity contribution in [3.63, 3.8) is 0 Å². The van der Waals surface area contributed by atoms with Crippen LogP contribution < -0.4 is 5.56 Å². The van der Waals surface area contributed by atoms with Crippen molar-refractivity contribution in [1.29, 1.82) is 0 Å². The predicted molar refractivity (Wildman–Crippen MR) is 68.1 cm³/mol. The minimum atomic E-state index is 0.0742. The molecule has 1 aliphatic carbocycles. The summed E-state index contributed by atoms with van der Waals surface area (Å²) in [6, 6.07) is 1.80. The molecule has 1 aromatic rings. The van der Waals surface area contributed by atoms with Crippen LogP contribution in [0, 0.1) is 5.92 Å². The number of pyridine rings is 1. The average molecular weight is 335 g/mol. The molecule has 0 unspecified atom stereocenters. The Bertz CT molecular complexity index is 408. The summed E-state index contributed by atoms with van der Waals surface area (Å²) in [4.78, 5) is 11.8. The third kappa shape index (κ3) is 2.72. The Hall–Kier alpha value is -0.0900. The second-order valence-electron chi connectivity index (χ2n) is 4.11. The van der Waals surface area contributed by atoms with Gasteiger partial charge in [0.15, 0.2) is 0 Å². The van der Waals surface area contributed by atoms with Gasteiger partial charge in [-0.15, -0.1) is 0 Å². The van der Waals surface area contributed by atoms with Crippen molar-refractivity contribution in [2.24, 2.45) is 5.92 Å². The van der Waals surface area contributed by atoms with Gasteiger partial charge in [0.1, 0.15) is 0 Å². The van der Waals surface area contributed by atoms with Gasteiger partial charge in [0.25, 0.3) is 5.56 Å². The lowest BCUT2D eigenvalue weighted by molar-refractivity contribution is 0.447. The molecule has 1 fully saturated rings. The molecular weight excluding hydrogens is 322 g/mol. The molecule has 1 aromatic heterocycles. The maximum Gasteiger partial charge on any atom is 0.264 e. The van der Waals surface area contributed by atoms with E-state index in [0.717, 1.165) is 11.0 Å². The van der Waals surface area contributed by atoms with Gasteiger partial charge in [-0.25, -0.2) is 0 Å². The number of nitrogens with zero attached hydrogens (tertiary/aromatic N) is 1. The smallest absolute Gasteiger partial charge is 0.264 e. The van der Waals surface area contributed by atoms with Crippen LogP contribution >= 0.6 is 31.9 Å². The lowest BCUT2D eigenvalue weighted by atomic mass is 10.1. The Morgan fingerprint density at radius 3 is 2.67 bits per heavy atom. The normalized spacial score (nSPS) is 17.2. The number of halogens is 2. The van der Waals surface area contributed by atoms with E-state index in [1.165, 1.54) is 25.7 Å². The van der Waals surface area contributed by atoms with Crippen LogP contribution in [0.5, 0.6) is 0 Å². The number of hydrogen-bond donors (Lipinski definition) is 0. The lowest BCUT2D eigenvalue weighted by Gasteiger charge is -2.12. The largest absolute Gasteiger partial charge is 0.313 e. The molecule has 2 nitrogen and oxygen atoms in total. The van der Waals surface area contributed by atoms with Crippen LogP contribution in [0.4, 0.5) is 0 Å². The highest BCUT2D eigenvalue weighted by molar-refractivity contribution is 9.11. The van der Waals surface area contributed by atoms with Crippen molar-refractivity contribution in [2.75, 3.05) is 0 Å². The van der Waals surface area contributed by atoms with E-state index in [-0.39, 0.29) is 5.56 Å². The van der Waals surface area contributed by atoms with Crippen LogP contribution in [0.1, 0.15) is 25.7 Å². The summed E-state index contributed by atoms with van der Waals surface area (Å²) >= 11 is 6.69. The molecule has 0 spiro atoms. The maximum atomic E-state index is 11.8. The molecule has 82 valence electrons. The zero-order valence-electron chi connectivity index (χ0n) is 8.38. The fourth-order valence-corrected chi connectivity index (χ4v) is 3.43. The Morgan fingerprint density at radius 1 is 1.33 bits per heavy atom. The van der Waals surface area contributed by atoms with Gasteiger partial charge in [0.05, 0.1) is 4.47 Å². The molecule has 4 heteroatoms. The predicted octanol–water partition coefficient (Wildman–Crippen LogP) is 3.56. The highest BCUT2D eigenvalue weighted by Gasteiger charge is 2.16. The Morgan fingerprint density at radius 2 is 2.00 bits per heavy atom. The molecule has 0 N–H and O–H groups in total. The van der Waals surface area contributed by atoms with Gasteiger partial charge in [-0.1, -0.05) is 12.8 Å². The molecule has 0 bridgehead atoms. The molecule has 0 aromatic carbocycles. The molecule has 0 saturated heterocycles. The highest BCUT2D eigenvalue weighted by atomic mass is 79.9. The summed E-state index contributed by atoms with van der Waals surface area (Å²) in [5.74, 6) is 0.684. The molecule has 0 radical (unpaired) electrons. The Labute approximate surface area is 106 Å². The van der Waals surface area contributed by atoms with Crippen molar-refractivity contribution in [1.82, 2.24) is 4.57 Å². The topological polar surface area (TPSA) is 22.0 Å². The van der Waals surface area contributed by atoms with E-state index in [9.17, 15) is 4.79 Å². The molecule has 1 heterocycles. The van der Waals surface area contributed by atoms with Gasteiger partial charge >= 0.3 is 0 Å². The van der Waals surface area contributed by atoms with Gasteiger partial charge in [0.2, 0.25) is 0 Å². The summed E-state index contributed by atoms with van der Waals surface area (Å²) in [6.45, 7) is 0.858. The average Bonchev–Trinajstić information content (AvgIpc) is 2.66. The fourth-order valence-electron chi connectivity index (χ4n) is 2.17. The third-order valence-corrected chi connectivity index (χ3v) is 3.94. The van der Waals surface area contributed by atoms with Crippen molar-refractivity contribution < 1.29 is 0 Å². The van der Waals surface area contributed by atoms with Crippen LogP contribution in [0.3, 0.4) is 0 Å². The molecule has 0 aliphatic heterocycles. The number of aromatic nitrogens is 1. The number of rotatable bonds is 2. The van der Waals surface area contributed by atoms with E-state index in [2.05, 4.69) is 31.9 Å². The summed E-state index contributed by atoms with van der Waals surface area (Å²) in [5.41, 5.74) is 0.0742. The molecule has 0 amide bonds.